The van der Waals surface area contributed by atoms with Gasteiger partial charge < -0.3 is 15.2 Å². The van der Waals surface area contributed by atoms with Gasteiger partial charge in [0, 0.05) is 5.69 Å². The van der Waals surface area contributed by atoms with E-state index in [4.69, 9.17) is 9.88 Å². The van der Waals surface area contributed by atoms with Crippen molar-refractivity contribution in [2.45, 2.75) is 36.6 Å². The average Bonchev–Trinajstić information content (AvgIpc) is 3.12. The first-order valence-electron chi connectivity index (χ1n) is 8.92. The highest BCUT2D eigenvalue weighted by Crippen LogP contribution is 2.43. The lowest BCUT2D eigenvalue weighted by Crippen LogP contribution is -2.26. The van der Waals surface area contributed by atoms with Crippen LogP contribution in [0.1, 0.15) is 28.3 Å². The Hall–Kier alpha value is -2.50. The van der Waals surface area contributed by atoms with Crippen molar-refractivity contribution in [2.75, 3.05) is 18.5 Å². The minimum Gasteiger partial charge on any atom is -0.475 e. The van der Waals surface area contributed by atoms with Crippen molar-refractivity contribution in [3.8, 4) is 5.88 Å². The summed E-state index contributed by atoms with van der Waals surface area (Å²) in [5.74, 6) is -0.0239. The van der Waals surface area contributed by atoms with Gasteiger partial charge in [0.05, 0.1) is 12.8 Å². The number of benzene rings is 1. The molecule has 148 valence electrons. The fraction of sp³-hybridized carbons (Fsp3) is 0.412. The molecule has 2 amide bonds. The first kappa shape index (κ1) is 17.6. The van der Waals surface area contributed by atoms with Crippen LogP contribution in [0.4, 0.5) is 14.9 Å². The fourth-order valence-corrected chi connectivity index (χ4v) is 4.90. The maximum Gasteiger partial charge on any atom is 0.354 e. The number of carbonyl (C=O) groups excluding carboxylic acids is 1. The van der Waals surface area contributed by atoms with Crippen LogP contribution in [-0.4, -0.2) is 38.3 Å². The largest absolute Gasteiger partial charge is 0.475 e. The number of aromatic nitrogens is 2. The first-order valence-corrected chi connectivity index (χ1v) is 10.5. The maximum absolute atomic E-state index is 14.3. The van der Waals surface area contributed by atoms with Gasteiger partial charge in [-0.1, -0.05) is 0 Å². The SMILES string of the molecule is NS(=O)(=NC(=O)Nc1c2c(c(F)c3c1CC3)CC2)c1cnn2c1OC[C@@H]2CO. The molecule has 1 unspecified atom stereocenters. The van der Waals surface area contributed by atoms with Crippen molar-refractivity contribution < 1.29 is 23.2 Å². The summed E-state index contributed by atoms with van der Waals surface area (Å²) in [6.45, 7) is -0.0272. The van der Waals surface area contributed by atoms with Crippen LogP contribution >= 0.6 is 0 Å². The van der Waals surface area contributed by atoms with Crippen LogP contribution in [0.3, 0.4) is 0 Å². The summed E-state index contributed by atoms with van der Waals surface area (Å²) in [7, 11) is -3.61. The third-order valence-corrected chi connectivity index (χ3v) is 6.91. The molecule has 9 nitrogen and oxygen atoms in total. The quantitative estimate of drug-likeness (QED) is 0.700. The average molecular weight is 407 g/mol. The summed E-state index contributed by atoms with van der Waals surface area (Å²) < 4.78 is 37.6. The van der Waals surface area contributed by atoms with E-state index in [0.717, 1.165) is 11.1 Å². The molecule has 0 saturated heterocycles. The van der Waals surface area contributed by atoms with Crippen LogP contribution in [0.2, 0.25) is 0 Å². The van der Waals surface area contributed by atoms with Crippen LogP contribution in [0.25, 0.3) is 0 Å². The zero-order valence-electron chi connectivity index (χ0n) is 14.8. The van der Waals surface area contributed by atoms with Gasteiger partial charge >= 0.3 is 6.03 Å². The summed E-state index contributed by atoms with van der Waals surface area (Å²) in [5, 5.41) is 21.8. The number of carbonyl (C=O) groups is 1. The zero-order chi connectivity index (χ0) is 19.6. The number of hydrogen-bond acceptors (Lipinski definition) is 5. The van der Waals surface area contributed by atoms with Crippen molar-refractivity contribution in [3.05, 3.63) is 34.3 Å². The minimum atomic E-state index is -3.61. The number of hydrogen-bond donors (Lipinski definition) is 3. The highest BCUT2D eigenvalue weighted by Gasteiger charge is 2.34. The first-order chi connectivity index (χ1) is 13.4. The summed E-state index contributed by atoms with van der Waals surface area (Å²) in [6, 6.07) is -1.26. The summed E-state index contributed by atoms with van der Waals surface area (Å²) >= 11 is 0. The van der Waals surface area contributed by atoms with Crippen molar-refractivity contribution in [3.63, 3.8) is 0 Å². The number of nitrogens with one attached hydrogen (secondary N) is 1. The van der Waals surface area contributed by atoms with Crippen molar-refractivity contribution >= 4 is 21.6 Å². The molecule has 2 aliphatic carbocycles. The molecule has 0 spiro atoms. The van der Waals surface area contributed by atoms with Crippen LogP contribution in [0, 0.1) is 5.82 Å². The molecule has 0 bridgehead atoms. The van der Waals surface area contributed by atoms with Gasteiger partial charge in [-0.05, 0) is 47.9 Å². The lowest BCUT2D eigenvalue weighted by atomic mass is 9.76. The predicted molar refractivity (Wildman–Crippen MR) is 97.1 cm³/mol. The molecular formula is C17H18FN5O4S. The summed E-state index contributed by atoms with van der Waals surface area (Å²) in [4.78, 5) is 12.5. The van der Waals surface area contributed by atoms with Gasteiger partial charge in [0.25, 0.3) is 0 Å². The fourth-order valence-electron chi connectivity index (χ4n) is 3.91. The smallest absolute Gasteiger partial charge is 0.354 e. The Bertz CT molecular complexity index is 1120. The molecule has 1 aromatic carbocycles. The molecule has 1 aromatic heterocycles. The molecule has 28 heavy (non-hydrogen) atoms. The topological polar surface area (TPSA) is 132 Å². The molecule has 2 heterocycles. The van der Waals surface area contributed by atoms with E-state index in [1.54, 1.807) is 0 Å². The number of aliphatic hydroxyl groups excluding tert-OH is 1. The number of ether oxygens (including phenoxy) is 1. The lowest BCUT2D eigenvalue weighted by molar-refractivity contribution is 0.206. The number of halogens is 1. The monoisotopic (exact) mass is 407 g/mol. The Kier molecular flexibility index (Phi) is 3.77. The lowest BCUT2D eigenvalue weighted by Gasteiger charge is -2.32. The molecular weight excluding hydrogens is 389 g/mol. The van der Waals surface area contributed by atoms with Gasteiger partial charge in [0.15, 0.2) is 9.92 Å². The molecule has 4 N–H and O–H groups in total. The van der Waals surface area contributed by atoms with Crippen molar-refractivity contribution in [1.82, 2.24) is 9.78 Å². The number of amides is 2. The normalized spacial score (nSPS) is 20.6. The zero-order valence-corrected chi connectivity index (χ0v) is 15.6. The second kappa shape index (κ2) is 6.00. The number of rotatable bonds is 3. The van der Waals surface area contributed by atoms with Gasteiger partial charge in [-0.2, -0.15) is 5.10 Å². The summed E-state index contributed by atoms with van der Waals surface area (Å²) in [5.41, 5.74) is 3.41. The van der Waals surface area contributed by atoms with Gasteiger partial charge in [-0.25, -0.2) is 23.2 Å². The van der Waals surface area contributed by atoms with E-state index in [1.165, 1.54) is 10.9 Å². The number of urea groups is 1. The van der Waals surface area contributed by atoms with Crippen molar-refractivity contribution in [2.24, 2.45) is 9.50 Å². The second-order valence-corrected chi connectivity index (χ2v) is 8.86. The Balaban J connectivity index is 1.47. The van der Waals surface area contributed by atoms with Gasteiger partial charge in [-0.15, -0.1) is 4.36 Å². The molecule has 1 aliphatic heterocycles. The third kappa shape index (κ3) is 2.39. The van der Waals surface area contributed by atoms with Crippen LogP contribution in [-0.2, 0) is 35.6 Å². The number of anilines is 1. The molecule has 2 aromatic rings. The Morgan fingerprint density at radius 1 is 1.36 bits per heavy atom. The second-order valence-electron chi connectivity index (χ2n) is 7.10. The highest BCUT2D eigenvalue weighted by molar-refractivity contribution is 7.91. The van der Waals surface area contributed by atoms with Gasteiger partial charge in [0.2, 0.25) is 5.88 Å². The molecule has 0 saturated carbocycles. The molecule has 5 rings (SSSR count). The Labute approximate surface area is 160 Å². The van der Waals surface area contributed by atoms with E-state index < -0.39 is 22.0 Å². The van der Waals surface area contributed by atoms with Gasteiger partial charge in [0.1, 0.15) is 23.4 Å². The van der Waals surface area contributed by atoms with E-state index in [1.807, 2.05) is 0 Å². The van der Waals surface area contributed by atoms with Gasteiger partial charge in [-0.3, -0.25) is 0 Å². The van der Waals surface area contributed by atoms with Crippen LogP contribution in [0.5, 0.6) is 5.88 Å². The third-order valence-electron chi connectivity index (χ3n) is 5.56. The van der Waals surface area contributed by atoms with E-state index >= 15 is 0 Å². The van der Waals surface area contributed by atoms with E-state index in [0.29, 0.717) is 42.5 Å². The van der Waals surface area contributed by atoms with Crippen LogP contribution in [0.15, 0.2) is 15.5 Å². The number of nitrogens with two attached hydrogens (primary N) is 1. The molecule has 2 atom stereocenters. The van der Waals surface area contributed by atoms with E-state index in [2.05, 4.69) is 14.8 Å². The van der Waals surface area contributed by atoms with Crippen LogP contribution < -0.4 is 15.2 Å². The number of fused-ring (bicyclic) bond motifs is 3. The van der Waals surface area contributed by atoms with Crippen molar-refractivity contribution in [1.29, 1.82) is 0 Å². The Morgan fingerprint density at radius 3 is 2.57 bits per heavy atom. The molecule has 0 fully saturated rings. The molecule has 11 heteroatoms. The summed E-state index contributed by atoms with van der Waals surface area (Å²) in [6.07, 6.45) is 3.89. The number of aliphatic hydroxyl groups is 1. The minimum absolute atomic E-state index is 0.00119. The molecule has 3 aliphatic rings. The molecule has 0 radical (unpaired) electrons. The maximum atomic E-state index is 14.3. The Morgan fingerprint density at radius 2 is 2.00 bits per heavy atom. The van der Waals surface area contributed by atoms with E-state index in [9.17, 15) is 18.5 Å². The standard InChI is InChI=1S/C17H18FN5O4S/c18-14-9-1-3-11(9)15(12-4-2-10(12)14)21-17(25)22-28(19,26)13-5-20-23-8(6-24)7-27-16(13)23/h5,8,24H,1-4,6-7H2,(H3,19,21,22,25,26)/t8-,28?/m0/s1. The highest BCUT2D eigenvalue weighted by atomic mass is 32.2. The predicted octanol–water partition coefficient (Wildman–Crippen LogP) is 1.08. The number of nitrogens with zero attached hydrogens (tertiary/aromatic N) is 3. The van der Waals surface area contributed by atoms with E-state index in [-0.39, 0.29) is 29.8 Å².